The first-order chi connectivity index (χ1) is 28.1. The molecular formula is C46H54F4N6O2Si. The Balaban J connectivity index is 1.12. The minimum absolute atomic E-state index is 0.0284. The second-order valence-corrected chi connectivity index (χ2v) is 25.2. The monoisotopic (exact) mass is 826 g/mol. The number of ether oxygens (including phenoxy) is 2. The summed E-state index contributed by atoms with van der Waals surface area (Å²) in [6.07, 6.45) is 4.07. The number of rotatable bonds is 8. The van der Waals surface area contributed by atoms with Crippen LogP contribution < -0.4 is 15.4 Å². The number of anilines is 2. The Morgan fingerprint density at radius 2 is 1.76 bits per heavy atom. The molecule has 0 radical (unpaired) electrons. The first kappa shape index (κ1) is 39.2. The van der Waals surface area contributed by atoms with Crippen LogP contribution in [-0.4, -0.2) is 91.3 Å². The maximum absolute atomic E-state index is 17.6. The van der Waals surface area contributed by atoms with E-state index in [1.807, 2.05) is 4.90 Å². The van der Waals surface area contributed by atoms with Gasteiger partial charge in [-0.05, 0) is 84.3 Å². The standard InChI is InChI=1S/C46H54F4N6O2Si/c1-25(2)59(26(3)4,27(5)6)16-9-30-34(47)8-7-28-17-29(51)18-31(36(28)30)39-38(50)40-32(20-52-39)42(56-14-15-57-21-33-37(49)41(33)56)54-43(53-40)58-24-46-22-44(19-35(44)48)23-55(46)13-12-45(46)10-11-45/h7-8,17-18,20,25-27,33,35,37,41H,10-15,19,21-24,51H2,1-6H3/t33-,35+,37-,41-,44-,46-/m0/s1. The lowest BCUT2D eigenvalue weighted by molar-refractivity contribution is 0.0638. The molecule has 6 atom stereocenters. The van der Waals surface area contributed by atoms with Gasteiger partial charge in [-0.15, -0.1) is 5.54 Å². The zero-order chi connectivity index (χ0) is 41.4. The lowest BCUT2D eigenvalue weighted by atomic mass is 9.78. The summed E-state index contributed by atoms with van der Waals surface area (Å²) in [5.41, 5.74) is 11.2. The largest absolute Gasteiger partial charge is 0.461 e. The predicted molar refractivity (Wildman–Crippen MR) is 226 cm³/mol. The normalized spacial score (nSPS) is 29.4. The van der Waals surface area contributed by atoms with Crippen molar-refractivity contribution in [2.75, 3.05) is 50.1 Å². The van der Waals surface area contributed by atoms with Gasteiger partial charge in [0.2, 0.25) is 0 Å². The Hall–Kier alpha value is -3.99. The van der Waals surface area contributed by atoms with Gasteiger partial charge >= 0.3 is 6.01 Å². The summed E-state index contributed by atoms with van der Waals surface area (Å²) in [5, 5.41) is 1.33. The van der Waals surface area contributed by atoms with Gasteiger partial charge in [0.15, 0.2) is 5.82 Å². The number of halogens is 4. The van der Waals surface area contributed by atoms with E-state index < -0.39 is 38.1 Å². The molecule has 3 saturated carbocycles. The summed E-state index contributed by atoms with van der Waals surface area (Å²) in [6, 6.07) is 5.87. The summed E-state index contributed by atoms with van der Waals surface area (Å²) in [4.78, 5) is 18.6. The van der Waals surface area contributed by atoms with Gasteiger partial charge in [-0.3, -0.25) is 9.88 Å². The van der Waals surface area contributed by atoms with Gasteiger partial charge in [0, 0.05) is 47.3 Å². The molecule has 312 valence electrons. The van der Waals surface area contributed by atoms with Crippen molar-refractivity contribution in [1.29, 1.82) is 0 Å². The topological polar surface area (TPSA) is 89.6 Å². The lowest BCUT2D eigenvalue weighted by Crippen LogP contribution is -2.49. The number of hydrogen-bond acceptors (Lipinski definition) is 8. The molecule has 6 fully saturated rings. The maximum atomic E-state index is 17.6. The molecule has 8 nitrogen and oxygen atoms in total. The highest BCUT2D eigenvalue weighted by molar-refractivity contribution is 6.90. The van der Waals surface area contributed by atoms with E-state index in [0.29, 0.717) is 76.0 Å². The third-order valence-corrected chi connectivity index (χ3v) is 22.0. The van der Waals surface area contributed by atoms with Crippen molar-refractivity contribution in [3.63, 3.8) is 0 Å². The second kappa shape index (κ2) is 13.5. The van der Waals surface area contributed by atoms with Gasteiger partial charge in [0.05, 0.1) is 35.7 Å². The van der Waals surface area contributed by atoms with Crippen molar-refractivity contribution in [2.45, 2.75) is 114 Å². The fraction of sp³-hybridized carbons (Fsp3) is 0.587. The van der Waals surface area contributed by atoms with Crippen LogP contribution in [0.25, 0.3) is 32.9 Å². The van der Waals surface area contributed by atoms with Crippen molar-refractivity contribution in [1.82, 2.24) is 19.9 Å². The predicted octanol–water partition coefficient (Wildman–Crippen LogP) is 9.18. The minimum atomic E-state index is -2.29. The Kier molecular flexibility index (Phi) is 8.96. The fourth-order valence-corrected chi connectivity index (χ4v) is 17.4. The Bertz CT molecular complexity index is 2430. The third-order valence-electron chi connectivity index (χ3n) is 15.7. The molecule has 3 aliphatic carbocycles. The van der Waals surface area contributed by atoms with Gasteiger partial charge in [0.1, 0.15) is 49.9 Å². The van der Waals surface area contributed by atoms with Crippen molar-refractivity contribution in [3.05, 3.63) is 47.7 Å². The molecule has 0 amide bonds. The molecule has 0 unspecified atom stereocenters. The van der Waals surface area contributed by atoms with Gasteiger partial charge in [-0.25, -0.2) is 17.6 Å². The van der Waals surface area contributed by atoms with Crippen LogP contribution in [0.5, 0.6) is 6.01 Å². The molecular weight excluding hydrogens is 773 g/mol. The van der Waals surface area contributed by atoms with E-state index in [4.69, 9.17) is 30.2 Å². The number of nitrogens with two attached hydrogens (primary N) is 1. The number of aromatic nitrogens is 3. The van der Waals surface area contributed by atoms with E-state index in [9.17, 15) is 4.39 Å². The average molecular weight is 827 g/mol. The summed E-state index contributed by atoms with van der Waals surface area (Å²) in [6.45, 7) is 16.1. The SMILES string of the molecule is CC(C)[Si](C#Cc1c(F)ccc2cc(N)cc(-c3ncc4c(N5CCOC[C@H]6[C@H](F)[C@H]65)nc(OC[C@]56C[C@@]7(C[C@H]7F)CN5CCC65CC5)nc4c3F)c12)(C(C)C)C(C)C. The summed E-state index contributed by atoms with van der Waals surface area (Å²) in [5.74, 6) is 2.05. The third kappa shape index (κ3) is 5.78. The van der Waals surface area contributed by atoms with Crippen LogP contribution in [-0.2, 0) is 4.74 Å². The van der Waals surface area contributed by atoms with E-state index in [0.717, 1.165) is 38.8 Å². The van der Waals surface area contributed by atoms with Crippen LogP contribution in [0.3, 0.4) is 0 Å². The molecule has 6 aliphatic rings. The Morgan fingerprint density at radius 3 is 2.46 bits per heavy atom. The highest BCUT2D eigenvalue weighted by atomic mass is 28.3. The summed E-state index contributed by atoms with van der Waals surface area (Å²) < 4.78 is 76.4. The van der Waals surface area contributed by atoms with Crippen LogP contribution in [0.4, 0.5) is 29.1 Å². The number of nitrogens with zero attached hydrogens (tertiary/aromatic N) is 5. The summed E-state index contributed by atoms with van der Waals surface area (Å²) >= 11 is 0. The van der Waals surface area contributed by atoms with Crippen molar-refractivity contribution in [3.8, 4) is 28.7 Å². The van der Waals surface area contributed by atoms with Gasteiger partial charge in [-0.1, -0.05) is 53.5 Å². The van der Waals surface area contributed by atoms with Gasteiger partial charge in [0.25, 0.3) is 0 Å². The van der Waals surface area contributed by atoms with Gasteiger partial charge in [-0.2, -0.15) is 9.97 Å². The zero-order valence-electron chi connectivity index (χ0n) is 34.8. The first-order valence-electron chi connectivity index (χ1n) is 21.6. The number of benzene rings is 2. The van der Waals surface area contributed by atoms with Crippen LogP contribution in [0, 0.1) is 39.8 Å². The molecule has 5 heterocycles. The summed E-state index contributed by atoms with van der Waals surface area (Å²) in [7, 11) is -2.29. The van der Waals surface area contributed by atoms with Crippen LogP contribution >= 0.6 is 0 Å². The Labute approximate surface area is 344 Å². The van der Waals surface area contributed by atoms with E-state index in [2.05, 4.69) is 57.9 Å². The smallest absolute Gasteiger partial charge is 0.319 e. The van der Waals surface area contributed by atoms with E-state index in [1.165, 1.54) is 12.3 Å². The van der Waals surface area contributed by atoms with Gasteiger partial charge < -0.3 is 20.1 Å². The van der Waals surface area contributed by atoms with Crippen molar-refractivity contribution in [2.24, 2.45) is 16.7 Å². The minimum Gasteiger partial charge on any atom is -0.461 e. The number of nitrogen functional groups attached to an aromatic ring is 1. The fourth-order valence-electron chi connectivity index (χ4n) is 12.2. The van der Waals surface area contributed by atoms with E-state index in [-0.39, 0.29) is 51.7 Å². The molecule has 0 bridgehead atoms. The second-order valence-electron chi connectivity index (χ2n) is 19.6. The first-order valence-corrected chi connectivity index (χ1v) is 23.8. The molecule has 13 heteroatoms. The molecule has 10 rings (SSSR count). The molecule has 4 aromatic rings. The quantitative estimate of drug-likeness (QED) is 0.0815. The highest BCUT2D eigenvalue weighted by Crippen LogP contribution is 2.72. The Morgan fingerprint density at radius 1 is 1.02 bits per heavy atom. The average Bonchev–Trinajstić information content (AvgIpc) is 4.13. The van der Waals surface area contributed by atoms with E-state index >= 15 is 13.2 Å². The lowest BCUT2D eigenvalue weighted by Gasteiger charge is -2.38. The molecule has 3 aliphatic heterocycles. The molecule has 59 heavy (non-hydrogen) atoms. The number of pyridine rings is 1. The number of hydrogen-bond donors (Lipinski definition) is 1. The molecule has 2 N–H and O–H groups in total. The maximum Gasteiger partial charge on any atom is 0.319 e. The molecule has 2 aromatic heterocycles. The van der Waals surface area contributed by atoms with Crippen molar-refractivity contribution >= 4 is 41.3 Å². The molecule has 2 spiro atoms. The van der Waals surface area contributed by atoms with Crippen LogP contribution in [0.1, 0.15) is 79.2 Å². The highest BCUT2D eigenvalue weighted by Gasteiger charge is 2.75. The van der Waals surface area contributed by atoms with Crippen LogP contribution in [0.2, 0.25) is 16.6 Å². The van der Waals surface area contributed by atoms with Crippen molar-refractivity contribution < 1.29 is 27.0 Å². The number of fused-ring (bicyclic) bond motifs is 5. The number of alkyl halides is 2. The molecule has 2 aromatic carbocycles. The molecule has 3 saturated heterocycles. The van der Waals surface area contributed by atoms with E-state index in [1.54, 1.807) is 18.2 Å². The van der Waals surface area contributed by atoms with Crippen LogP contribution in [0.15, 0.2) is 30.5 Å². The zero-order valence-corrected chi connectivity index (χ0v) is 35.8.